The van der Waals surface area contributed by atoms with Crippen LogP contribution in [-0.2, 0) is 28.7 Å². The minimum atomic E-state index is -4.88. The maximum atomic E-state index is 14.1. The summed E-state index contributed by atoms with van der Waals surface area (Å²) in [6.07, 6.45) is -1.10. The molecule has 6 nitrogen and oxygen atoms in total. The highest BCUT2D eigenvalue weighted by Crippen LogP contribution is 2.43. The number of hydrogen-bond donors (Lipinski definition) is 1. The van der Waals surface area contributed by atoms with E-state index in [1.807, 2.05) is 0 Å². The summed E-state index contributed by atoms with van der Waals surface area (Å²) in [7, 11) is -3.47. The van der Waals surface area contributed by atoms with Crippen molar-refractivity contribution in [1.29, 1.82) is 0 Å². The van der Waals surface area contributed by atoms with Crippen LogP contribution >= 0.6 is 0 Å². The molecule has 0 amide bonds. The number of aryl methyl sites for hydroxylation is 1. The number of nitrogens with one attached hydrogen (secondary N) is 1. The minimum Gasteiger partial charge on any atom is -0.262 e. The SMILES string of the molecule is Cn1ncc(S(=O)(=O)NCC2(c3ncccc3F)CCC2)c1C(F)(F)F. The Hall–Kier alpha value is -2.01. The average molecular weight is 392 g/mol. The van der Waals surface area contributed by atoms with E-state index in [-0.39, 0.29) is 12.2 Å². The van der Waals surface area contributed by atoms with Gasteiger partial charge in [-0.05, 0) is 25.0 Å². The standard InChI is InChI=1S/C15H16F4N4O2S/c1-23-13(15(17,18)19)11(8-21-23)26(24,25)22-9-14(5-3-6-14)12-10(16)4-2-7-20-12/h2,4,7-8,22H,3,5-6,9H2,1H3. The third kappa shape index (κ3) is 3.20. The van der Waals surface area contributed by atoms with Crippen molar-refractivity contribution in [3.8, 4) is 0 Å². The van der Waals surface area contributed by atoms with Crippen LogP contribution in [0.5, 0.6) is 0 Å². The van der Waals surface area contributed by atoms with Crippen molar-refractivity contribution in [1.82, 2.24) is 19.5 Å². The van der Waals surface area contributed by atoms with Crippen molar-refractivity contribution in [3.63, 3.8) is 0 Å². The van der Waals surface area contributed by atoms with Crippen molar-refractivity contribution >= 4 is 10.0 Å². The molecular weight excluding hydrogens is 376 g/mol. The predicted octanol–water partition coefficient (Wildman–Crippen LogP) is 2.37. The molecule has 2 heterocycles. The van der Waals surface area contributed by atoms with Crippen LogP contribution in [0.25, 0.3) is 0 Å². The molecule has 0 atom stereocenters. The van der Waals surface area contributed by atoms with Gasteiger partial charge in [0.15, 0.2) is 5.69 Å². The van der Waals surface area contributed by atoms with E-state index in [1.54, 1.807) is 0 Å². The molecular formula is C15H16F4N4O2S. The van der Waals surface area contributed by atoms with Gasteiger partial charge in [0.25, 0.3) is 0 Å². The Morgan fingerprint density at radius 3 is 2.58 bits per heavy atom. The normalized spacial score (nSPS) is 17.1. The van der Waals surface area contributed by atoms with Gasteiger partial charge >= 0.3 is 6.18 Å². The van der Waals surface area contributed by atoms with E-state index in [2.05, 4.69) is 14.8 Å². The van der Waals surface area contributed by atoms with E-state index in [0.717, 1.165) is 13.5 Å². The second-order valence-corrected chi connectivity index (χ2v) is 8.01. The fourth-order valence-corrected chi connectivity index (χ4v) is 4.44. The summed E-state index contributed by atoms with van der Waals surface area (Å²) >= 11 is 0. The molecule has 142 valence electrons. The monoisotopic (exact) mass is 392 g/mol. The molecule has 0 aliphatic heterocycles. The van der Waals surface area contributed by atoms with E-state index < -0.39 is 38.0 Å². The van der Waals surface area contributed by atoms with Crippen molar-refractivity contribution in [3.05, 3.63) is 41.7 Å². The van der Waals surface area contributed by atoms with E-state index in [4.69, 9.17) is 0 Å². The number of halogens is 4. The highest BCUT2D eigenvalue weighted by atomic mass is 32.2. The lowest BCUT2D eigenvalue weighted by Crippen LogP contribution is -2.46. The summed E-state index contributed by atoms with van der Waals surface area (Å²) in [4.78, 5) is 3.05. The molecule has 0 radical (unpaired) electrons. The highest BCUT2D eigenvalue weighted by Gasteiger charge is 2.45. The summed E-state index contributed by atoms with van der Waals surface area (Å²) in [5.41, 5.74) is -2.10. The van der Waals surface area contributed by atoms with E-state index in [9.17, 15) is 26.0 Å². The molecule has 2 aromatic heterocycles. The molecule has 0 unspecified atom stereocenters. The number of rotatable bonds is 5. The summed E-state index contributed by atoms with van der Waals surface area (Å²) < 4.78 is 81.0. The Morgan fingerprint density at radius 2 is 2.04 bits per heavy atom. The summed E-state index contributed by atoms with van der Waals surface area (Å²) in [5.74, 6) is -0.566. The molecule has 26 heavy (non-hydrogen) atoms. The van der Waals surface area contributed by atoms with Crippen LogP contribution in [-0.4, -0.2) is 29.7 Å². The molecule has 0 saturated heterocycles. The van der Waals surface area contributed by atoms with Gasteiger partial charge in [-0.1, -0.05) is 6.42 Å². The molecule has 1 saturated carbocycles. The van der Waals surface area contributed by atoms with E-state index >= 15 is 0 Å². The molecule has 1 fully saturated rings. The van der Waals surface area contributed by atoms with Crippen molar-refractivity contribution < 1.29 is 26.0 Å². The second-order valence-electron chi connectivity index (χ2n) is 6.27. The largest absolute Gasteiger partial charge is 0.434 e. The van der Waals surface area contributed by atoms with Gasteiger partial charge in [-0.2, -0.15) is 18.3 Å². The van der Waals surface area contributed by atoms with Crippen LogP contribution in [0.4, 0.5) is 17.6 Å². The van der Waals surface area contributed by atoms with Gasteiger partial charge in [0.05, 0.1) is 11.9 Å². The Kier molecular flexibility index (Phi) is 4.55. The van der Waals surface area contributed by atoms with Crippen LogP contribution < -0.4 is 4.72 Å². The third-order valence-corrected chi connectivity index (χ3v) is 6.04. The average Bonchev–Trinajstić information content (AvgIpc) is 2.90. The van der Waals surface area contributed by atoms with Gasteiger partial charge in [0, 0.05) is 25.2 Å². The smallest absolute Gasteiger partial charge is 0.262 e. The second kappa shape index (κ2) is 6.31. The third-order valence-electron chi connectivity index (χ3n) is 4.64. The highest BCUT2D eigenvalue weighted by molar-refractivity contribution is 7.89. The zero-order valence-corrected chi connectivity index (χ0v) is 14.5. The molecule has 2 aromatic rings. The first-order valence-corrected chi connectivity index (χ1v) is 9.25. The molecule has 0 bridgehead atoms. The van der Waals surface area contributed by atoms with E-state index in [1.165, 1.54) is 18.3 Å². The lowest BCUT2D eigenvalue weighted by Gasteiger charge is -2.41. The van der Waals surface area contributed by atoms with Crippen LogP contribution in [0.15, 0.2) is 29.4 Å². The Labute approximate surface area is 147 Å². The maximum absolute atomic E-state index is 14.1. The number of alkyl halides is 3. The molecule has 1 aliphatic carbocycles. The van der Waals surface area contributed by atoms with Crippen LogP contribution in [0.2, 0.25) is 0 Å². The molecule has 3 rings (SSSR count). The first-order chi connectivity index (χ1) is 12.1. The summed E-state index contributed by atoms with van der Waals surface area (Å²) in [6.45, 7) is -0.241. The zero-order chi connectivity index (χ0) is 19.2. The van der Waals surface area contributed by atoms with Gasteiger partial charge in [-0.25, -0.2) is 17.5 Å². The lowest BCUT2D eigenvalue weighted by molar-refractivity contribution is -0.146. The quantitative estimate of drug-likeness (QED) is 0.793. The van der Waals surface area contributed by atoms with Gasteiger partial charge < -0.3 is 0 Å². The lowest BCUT2D eigenvalue weighted by atomic mass is 9.66. The van der Waals surface area contributed by atoms with Gasteiger partial charge in [-0.15, -0.1) is 0 Å². The van der Waals surface area contributed by atoms with Crippen LogP contribution in [0.3, 0.4) is 0 Å². The Bertz CT molecular complexity index is 920. The number of nitrogens with zero attached hydrogens (tertiary/aromatic N) is 3. The zero-order valence-electron chi connectivity index (χ0n) is 13.7. The predicted molar refractivity (Wildman–Crippen MR) is 83.1 cm³/mol. The first kappa shape index (κ1) is 18.8. The van der Waals surface area contributed by atoms with Crippen molar-refractivity contribution in [2.75, 3.05) is 6.54 Å². The molecule has 1 aliphatic rings. The summed E-state index contributed by atoms with van der Waals surface area (Å²) in [5, 5.41) is 3.41. The van der Waals surface area contributed by atoms with Crippen molar-refractivity contribution in [2.45, 2.75) is 35.7 Å². The van der Waals surface area contributed by atoms with Gasteiger partial charge in [-0.3, -0.25) is 9.67 Å². The molecule has 0 spiro atoms. The first-order valence-electron chi connectivity index (χ1n) is 7.77. The Morgan fingerprint density at radius 1 is 1.35 bits per heavy atom. The van der Waals surface area contributed by atoms with Crippen molar-refractivity contribution in [2.24, 2.45) is 7.05 Å². The number of aromatic nitrogens is 3. The number of pyridine rings is 1. The molecule has 0 aromatic carbocycles. The fourth-order valence-electron chi connectivity index (χ4n) is 3.12. The fraction of sp³-hybridized carbons (Fsp3) is 0.467. The topological polar surface area (TPSA) is 76.9 Å². The van der Waals surface area contributed by atoms with E-state index in [0.29, 0.717) is 23.7 Å². The minimum absolute atomic E-state index is 0.121. The van der Waals surface area contributed by atoms with Crippen LogP contribution in [0, 0.1) is 5.82 Å². The molecule has 11 heteroatoms. The Balaban J connectivity index is 1.89. The number of hydrogen-bond acceptors (Lipinski definition) is 4. The molecule has 1 N–H and O–H groups in total. The van der Waals surface area contributed by atoms with Gasteiger partial charge in [0.1, 0.15) is 10.7 Å². The van der Waals surface area contributed by atoms with Crippen LogP contribution in [0.1, 0.15) is 30.7 Å². The maximum Gasteiger partial charge on any atom is 0.434 e. The number of sulfonamides is 1. The van der Waals surface area contributed by atoms with Gasteiger partial charge in [0.2, 0.25) is 10.0 Å². The summed E-state index contributed by atoms with van der Waals surface area (Å²) in [6, 6.07) is 2.64.